The molecule has 5 heteroatoms. The van der Waals surface area contributed by atoms with Crippen LogP contribution in [0.1, 0.15) is 18.9 Å². The van der Waals surface area contributed by atoms with Gasteiger partial charge in [-0.25, -0.2) is 4.79 Å². The van der Waals surface area contributed by atoms with Gasteiger partial charge in [-0.2, -0.15) is 0 Å². The van der Waals surface area contributed by atoms with E-state index in [1.165, 1.54) is 0 Å². The molecule has 112 valence electrons. The highest BCUT2D eigenvalue weighted by Gasteiger charge is 2.47. The summed E-state index contributed by atoms with van der Waals surface area (Å²) in [5.41, 5.74) is 1.81. The maximum absolute atomic E-state index is 11.8. The van der Waals surface area contributed by atoms with Crippen molar-refractivity contribution in [2.75, 3.05) is 6.61 Å². The predicted octanol–water partition coefficient (Wildman–Crippen LogP) is 1.81. The largest absolute Gasteiger partial charge is 0.458 e. The molecular weight excluding hydrogens is 282 g/mol. The second-order valence-corrected chi connectivity index (χ2v) is 5.05. The number of esters is 1. The van der Waals surface area contributed by atoms with Gasteiger partial charge in [0.2, 0.25) is 0 Å². The number of hydrogen-bond acceptors (Lipinski definition) is 4. The molecule has 2 atom stereocenters. The Bertz CT molecular complexity index is 709. The number of carbonyl (C=O) groups is 1. The molecule has 22 heavy (non-hydrogen) atoms. The van der Waals surface area contributed by atoms with Gasteiger partial charge in [0.15, 0.2) is 0 Å². The number of allylic oxidation sites excluding steroid dienone is 1. The molecule has 1 aliphatic carbocycles. The van der Waals surface area contributed by atoms with Crippen molar-refractivity contribution in [2.24, 2.45) is 5.92 Å². The van der Waals surface area contributed by atoms with Crippen molar-refractivity contribution >= 4 is 11.7 Å². The standard InChI is InChI=1S/C17H15NO4/c1-2-21-17(19)16-14-10-13(11-15(14)22-18(16)20)9-8-12-6-4-3-5-7-12/h3-7,11,14-15H,2,10H2,1H3/t14-,15+/m1/s1. The Hall–Kier alpha value is -2.74. The molecule has 2 aliphatic rings. The molecule has 0 spiro atoms. The van der Waals surface area contributed by atoms with E-state index in [1.54, 1.807) is 13.0 Å². The number of hydrogen-bond donors (Lipinski definition) is 0. The lowest BCUT2D eigenvalue weighted by molar-refractivity contribution is -0.737. The zero-order valence-corrected chi connectivity index (χ0v) is 12.1. The van der Waals surface area contributed by atoms with Crippen LogP contribution in [-0.2, 0) is 14.4 Å². The number of ether oxygens (including phenoxy) is 1. The Labute approximate surface area is 128 Å². The smallest absolute Gasteiger partial charge is 0.405 e. The third-order valence-electron chi connectivity index (χ3n) is 3.59. The van der Waals surface area contributed by atoms with E-state index in [-0.39, 0.29) is 23.1 Å². The van der Waals surface area contributed by atoms with Gasteiger partial charge in [0.1, 0.15) is 6.10 Å². The lowest BCUT2D eigenvalue weighted by atomic mass is 9.98. The molecule has 0 bridgehead atoms. The van der Waals surface area contributed by atoms with Crippen LogP contribution in [0.2, 0.25) is 0 Å². The summed E-state index contributed by atoms with van der Waals surface area (Å²) < 4.78 is 4.91. The van der Waals surface area contributed by atoms with Crippen LogP contribution in [-0.4, -0.2) is 29.3 Å². The van der Waals surface area contributed by atoms with Crippen LogP contribution in [0.3, 0.4) is 0 Å². The Kier molecular flexibility index (Phi) is 3.84. The summed E-state index contributed by atoms with van der Waals surface area (Å²) in [6.45, 7) is 1.92. The van der Waals surface area contributed by atoms with Gasteiger partial charge in [0.25, 0.3) is 0 Å². The second kappa shape index (κ2) is 5.94. The van der Waals surface area contributed by atoms with Gasteiger partial charge in [-0.1, -0.05) is 36.1 Å². The number of nitrogens with zero attached hydrogens (tertiary/aromatic N) is 1. The Balaban J connectivity index is 1.74. The molecule has 0 unspecified atom stereocenters. The first kappa shape index (κ1) is 14.2. The topological polar surface area (TPSA) is 61.6 Å². The van der Waals surface area contributed by atoms with E-state index < -0.39 is 12.1 Å². The minimum atomic E-state index is -0.615. The zero-order valence-electron chi connectivity index (χ0n) is 12.1. The summed E-state index contributed by atoms with van der Waals surface area (Å²) in [5.74, 6) is 5.22. The molecule has 0 amide bonds. The highest BCUT2D eigenvalue weighted by Crippen LogP contribution is 2.33. The molecule has 1 aromatic carbocycles. The van der Waals surface area contributed by atoms with Crippen molar-refractivity contribution in [3.8, 4) is 11.8 Å². The van der Waals surface area contributed by atoms with Crippen molar-refractivity contribution in [1.29, 1.82) is 0 Å². The average Bonchev–Trinajstić information content (AvgIpc) is 3.02. The third-order valence-corrected chi connectivity index (χ3v) is 3.59. The summed E-state index contributed by atoms with van der Waals surface area (Å²) in [6, 6.07) is 9.63. The van der Waals surface area contributed by atoms with Crippen molar-refractivity contribution in [1.82, 2.24) is 0 Å². The molecule has 0 N–H and O–H groups in total. The number of rotatable bonds is 2. The second-order valence-electron chi connectivity index (χ2n) is 5.05. The van der Waals surface area contributed by atoms with Gasteiger partial charge in [0, 0.05) is 16.0 Å². The first-order valence-electron chi connectivity index (χ1n) is 7.14. The molecule has 1 heterocycles. The Morgan fingerprint density at radius 1 is 1.41 bits per heavy atom. The fraction of sp³-hybridized carbons (Fsp3) is 0.294. The van der Waals surface area contributed by atoms with Crippen LogP contribution in [0, 0.1) is 23.0 Å². The van der Waals surface area contributed by atoms with E-state index in [4.69, 9.17) is 9.57 Å². The van der Waals surface area contributed by atoms with Crippen molar-refractivity contribution < 1.29 is 19.3 Å². The summed E-state index contributed by atoms with van der Waals surface area (Å²) in [7, 11) is 0. The van der Waals surface area contributed by atoms with E-state index in [9.17, 15) is 10.0 Å². The number of benzene rings is 1. The molecule has 5 nitrogen and oxygen atoms in total. The first-order valence-corrected chi connectivity index (χ1v) is 7.14. The Morgan fingerprint density at radius 3 is 2.91 bits per heavy atom. The SMILES string of the molecule is CCOC(=O)C1=[N+]([O-])O[C@H]2C=C(C#Cc3ccccc3)C[C@@H]12. The van der Waals surface area contributed by atoms with E-state index in [0.717, 1.165) is 11.1 Å². The summed E-state index contributed by atoms with van der Waals surface area (Å²) in [5, 5.41) is 11.7. The average molecular weight is 297 g/mol. The zero-order chi connectivity index (χ0) is 15.5. The van der Waals surface area contributed by atoms with Gasteiger partial charge >= 0.3 is 11.7 Å². The van der Waals surface area contributed by atoms with Crippen LogP contribution in [0.25, 0.3) is 0 Å². The number of fused-ring (bicyclic) bond motifs is 1. The van der Waals surface area contributed by atoms with Crippen LogP contribution >= 0.6 is 0 Å². The van der Waals surface area contributed by atoms with Gasteiger partial charge in [-0.15, -0.1) is 0 Å². The van der Waals surface area contributed by atoms with Crippen LogP contribution in [0.4, 0.5) is 0 Å². The minimum absolute atomic E-state index is 0.0274. The normalized spacial score (nSPS) is 22.3. The fourth-order valence-electron chi connectivity index (χ4n) is 2.59. The quantitative estimate of drug-likeness (QED) is 0.474. The van der Waals surface area contributed by atoms with Crippen molar-refractivity contribution in [3.63, 3.8) is 0 Å². The molecule has 0 saturated carbocycles. The van der Waals surface area contributed by atoms with Crippen LogP contribution in [0.5, 0.6) is 0 Å². The lowest BCUT2D eigenvalue weighted by Crippen LogP contribution is -2.28. The van der Waals surface area contributed by atoms with E-state index >= 15 is 0 Å². The minimum Gasteiger partial charge on any atom is -0.458 e. The lowest BCUT2D eigenvalue weighted by Gasteiger charge is -2.06. The van der Waals surface area contributed by atoms with Gasteiger partial charge in [-0.05, 0) is 25.5 Å². The molecular formula is C17H15NO4. The molecule has 1 aliphatic heterocycles. The van der Waals surface area contributed by atoms with E-state index in [1.807, 2.05) is 30.3 Å². The summed E-state index contributed by atoms with van der Waals surface area (Å²) in [6.07, 6.45) is 1.88. The molecule has 0 radical (unpaired) electrons. The van der Waals surface area contributed by atoms with Crippen molar-refractivity contribution in [2.45, 2.75) is 19.4 Å². The maximum Gasteiger partial charge on any atom is 0.405 e. The number of carbonyl (C=O) groups excluding carboxylic acids is 1. The third kappa shape index (κ3) is 2.68. The van der Waals surface area contributed by atoms with Crippen LogP contribution in [0.15, 0.2) is 42.0 Å². The van der Waals surface area contributed by atoms with Gasteiger partial charge in [0.05, 0.1) is 12.5 Å². The summed E-state index contributed by atoms with van der Waals surface area (Å²) >= 11 is 0. The van der Waals surface area contributed by atoms with E-state index in [2.05, 4.69) is 11.8 Å². The molecule has 1 aromatic rings. The monoisotopic (exact) mass is 297 g/mol. The highest BCUT2D eigenvalue weighted by molar-refractivity contribution is 6.35. The molecule has 0 saturated heterocycles. The Morgan fingerprint density at radius 2 is 2.18 bits per heavy atom. The van der Waals surface area contributed by atoms with Gasteiger partial charge < -0.3 is 9.57 Å². The van der Waals surface area contributed by atoms with Crippen LogP contribution < -0.4 is 0 Å². The highest BCUT2D eigenvalue weighted by atomic mass is 16.9. The molecule has 0 aromatic heterocycles. The van der Waals surface area contributed by atoms with Gasteiger partial charge in [-0.3, -0.25) is 5.21 Å². The fourth-order valence-corrected chi connectivity index (χ4v) is 2.59. The molecule has 0 fully saturated rings. The first-order chi connectivity index (χ1) is 10.7. The maximum atomic E-state index is 11.8. The molecule has 3 rings (SSSR count). The predicted molar refractivity (Wildman–Crippen MR) is 79.7 cm³/mol. The van der Waals surface area contributed by atoms with E-state index in [0.29, 0.717) is 6.42 Å². The van der Waals surface area contributed by atoms with Crippen molar-refractivity contribution in [3.05, 3.63) is 52.8 Å². The summed E-state index contributed by atoms with van der Waals surface area (Å²) in [4.78, 5) is 17.3.